The number of amides is 1. The van der Waals surface area contributed by atoms with Gasteiger partial charge >= 0.3 is 0 Å². The van der Waals surface area contributed by atoms with Gasteiger partial charge in [0.2, 0.25) is 5.91 Å². The standard InChI is InChI=1S/C15H17N3O/c1-10(19)16-8-7-12-4-3-11-5-6-14-13(15(11)12)9-18(2)17-14/h5-7,9H,3-4,8H2,1-2H3,(H,16,19)/b12-7+. The summed E-state index contributed by atoms with van der Waals surface area (Å²) in [5, 5.41) is 8.49. The Balaban J connectivity index is 2.02. The van der Waals surface area contributed by atoms with Crippen molar-refractivity contribution in [3.63, 3.8) is 0 Å². The first-order valence-corrected chi connectivity index (χ1v) is 6.54. The molecule has 3 rings (SSSR count). The SMILES string of the molecule is CC(=O)NC/C=C1\CCc2ccc3nn(C)cc3c21. The molecule has 0 saturated heterocycles. The number of nitrogens with one attached hydrogen (secondary N) is 1. The van der Waals surface area contributed by atoms with Gasteiger partial charge in [0.15, 0.2) is 0 Å². The highest BCUT2D eigenvalue weighted by atomic mass is 16.1. The van der Waals surface area contributed by atoms with Crippen LogP contribution in [-0.4, -0.2) is 22.2 Å². The average molecular weight is 255 g/mol. The zero-order valence-corrected chi connectivity index (χ0v) is 11.2. The molecule has 0 fully saturated rings. The van der Waals surface area contributed by atoms with E-state index in [0.29, 0.717) is 6.54 Å². The van der Waals surface area contributed by atoms with Gasteiger partial charge in [0, 0.05) is 32.1 Å². The molecule has 1 N–H and O–H groups in total. The molecule has 1 aromatic heterocycles. The van der Waals surface area contributed by atoms with Crippen molar-refractivity contribution < 1.29 is 4.79 Å². The summed E-state index contributed by atoms with van der Waals surface area (Å²) >= 11 is 0. The number of aromatic nitrogens is 2. The fourth-order valence-corrected chi connectivity index (χ4v) is 2.76. The minimum atomic E-state index is 0.00894. The lowest BCUT2D eigenvalue weighted by Crippen LogP contribution is -2.19. The molecule has 0 unspecified atom stereocenters. The third-order valence-corrected chi connectivity index (χ3v) is 3.57. The first-order chi connectivity index (χ1) is 9.15. The fourth-order valence-electron chi connectivity index (χ4n) is 2.76. The van der Waals surface area contributed by atoms with E-state index in [0.717, 1.165) is 18.4 Å². The Morgan fingerprint density at radius 1 is 1.47 bits per heavy atom. The topological polar surface area (TPSA) is 46.9 Å². The summed E-state index contributed by atoms with van der Waals surface area (Å²) in [6.07, 6.45) is 6.32. The summed E-state index contributed by atoms with van der Waals surface area (Å²) in [4.78, 5) is 10.9. The van der Waals surface area contributed by atoms with Gasteiger partial charge in [-0.2, -0.15) is 5.10 Å². The second-order valence-electron chi connectivity index (χ2n) is 5.00. The van der Waals surface area contributed by atoms with Gasteiger partial charge in [-0.05, 0) is 35.6 Å². The maximum Gasteiger partial charge on any atom is 0.217 e. The number of nitrogens with zero attached hydrogens (tertiary/aromatic N) is 2. The normalized spacial score (nSPS) is 16.0. The van der Waals surface area contributed by atoms with Crippen molar-refractivity contribution in [3.05, 3.63) is 35.5 Å². The largest absolute Gasteiger partial charge is 0.353 e. The Hall–Kier alpha value is -2.10. The fraction of sp³-hybridized carbons (Fsp3) is 0.333. The second kappa shape index (κ2) is 4.53. The molecule has 19 heavy (non-hydrogen) atoms. The van der Waals surface area contributed by atoms with Crippen LogP contribution in [0.4, 0.5) is 0 Å². The van der Waals surface area contributed by atoms with E-state index in [1.807, 2.05) is 11.7 Å². The van der Waals surface area contributed by atoms with E-state index in [1.165, 1.54) is 22.1 Å². The van der Waals surface area contributed by atoms with Gasteiger partial charge in [-0.15, -0.1) is 0 Å². The molecule has 4 heteroatoms. The minimum absolute atomic E-state index is 0.00894. The Bertz CT molecular complexity index is 682. The minimum Gasteiger partial charge on any atom is -0.353 e. The number of carbonyl (C=O) groups is 1. The molecular weight excluding hydrogens is 238 g/mol. The number of fused-ring (bicyclic) bond motifs is 3. The molecule has 0 aliphatic heterocycles. The van der Waals surface area contributed by atoms with Crippen LogP contribution in [0, 0.1) is 0 Å². The number of rotatable bonds is 2. The van der Waals surface area contributed by atoms with Gasteiger partial charge < -0.3 is 5.32 Å². The van der Waals surface area contributed by atoms with Crippen molar-refractivity contribution in [2.24, 2.45) is 7.05 Å². The third-order valence-electron chi connectivity index (χ3n) is 3.57. The Kier molecular flexibility index (Phi) is 2.85. The molecule has 1 amide bonds. The summed E-state index contributed by atoms with van der Waals surface area (Å²) in [6.45, 7) is 2.14. The summed E-state index contributed by atoms with van der Waals surface area (Å²) in [7, 11) is 1.95. The molecule has 1 aromatic carbocycles. The van der Waals surface area contributed by atoms with Crippen molar-refractivity contribution in [1.29, 1.82) is 0 Å². The number of hydrogen-bond acceptors (Lipinski definition) is 2. The van der Waals surface area contributed by atoms with Gasteiger partial charge in [0.1, 0.15) is 0 Å². The summed E-state index contributed by atoms with van der Waals surface area (Å²) in [5.74, 6) is 0.00894. The zero-order chi connectivity index (χ0) is 13.4. The van der Waals surface area contributed by atoms with Gasteiger partial charge in [0.05, 0.1) is 5.52 Å². The van der Waals surface area contributed by atoms with Crippen LogP contribution in [0.15, 0.2) is 24.4 Å². The highest BCUT2D eigenvalue weighted by Gasteiger charge is 2.19. The van der Waals surface area contributed by atoms with Crippen LogP contribution in [0.2, 0.25) is 0 Å². The maximum absolute atomic E-state index is 10.9. The zero-order valence-electron chi connectivity index (χ0n) is 11.2. The van der Waals surface area contributed by atoms with Crippen molar-refractivity contribution in [3.8, 4) is 0 Å². The van der Waals surface area contributed by atoms with Crippen molar-refractivity contribution >= 4 is 22.4 Å². The van der Waals surface area contributed by atoms with Crippen molar-refractivity contribution in [1.82, 2.24) is 15.1 Å². The molecule has 0 radical (unpaired) electrons. The van der Waals surface area contributed by atoms with Gasteiger partial charge in [-0.25, -0.2) is 0 Å². The lowest BCUT2D eigenvalue weighted by atomic mass is 10.0. The van der Waals surface area contributed by atoms with Crippen LogP contribution in [0.1, 0.15) is 24.5 Å². The van der Waals surface area contributed by atoms with E-state index >= 15 is 0 Å². The smallest absolute Gasteiger partial charge is 0.217 e. The predicted molar refractivity (Wildman–Crippen MR) is 75.7 cm³/mol. The van der Waals surface area contributed by atoms with Crippen LogP contribution in [0.3, 0.4) is 0 Å². The van der Waals surface area contributed by atoms with Crippen molar-refractivity contribution in [2.45, 2.75) is 19.8 Å². The van der Waals surface area contributed by atoms with Gasteiger partial charge in [-0.3, -0.25) is 9.48 Å². The number of carbonyl (C=O) groups excluding carboxylic acids is 1. The highest BCUT2D eigenvalue weighted by molar-refractivity contribution is 5.95. The van der Waals surface area contributed by atoms with E-state index in [4.69, 9.17) is 0 Å². The lowest BCUT2D eigenvalue weighted by Gasteiger charge is -2.03. The Labute approximate surface area is 112 Å². The monoisotopic (exact) mass is 255 g/mol. The van der Waals surface area contributed by atoms with Crippen molar-refractivity contribution in [2.75, 3.05) is 6.54 Å². The van der Waals surface area contributed by atoms with Crippen LogP contribution in [0.25, 0.3) is 16.5 Å². The van der Waals surface area contributed by atoms with Gasteiger partial charge in [-0.1, -0.05) is 12.1 Å². The summed E-state index contributed by atoms with van der Waals surface area (Å²) in [6, 6.07) is 4.26. The highest BCUT2D eigenvalue weighted by Crippen LogP contribution is 2.37. The number of allylic oxidation sites excluding steroid dienone is 1. The van der Waals surface area contributed by atoms with Crippen LogP contribution in [-0.2, 0) is 18.3 Å². The van der Waals surface area contributed by atoms with Crippen LogP contribution >= 0.6 is 0 Å². The molecule has 4 nitrogen and oxygen atoms in total. The van der Waals surface area contributed by atoms with Gasteiger partial charge in [0.25, 0.3) is 0 Å². The van der Waals surface area contributed by atoms with Crippen LogP contribution < -0.4 is 5.32 Å². The summed E-state index contributed by atoms with van der Waals surface area (Å²) < 4.78 is 1.86. The second-order valence-corrected chi connectivity index (χ2v) is 5.00. The Morgan fingerprint density at radius 3 is 3.11 bits per heavy atom. The molecule has 0 bridgehead atoms. The summed E-state index contributed by atoms with van der Waals surface area (Å²) in [5.41, 5.74) is 5.06. The first kappa shape index (κ1) is 12.0. The molecular formula is C15H17N3O. The predicted octanol–water partition coefficient (Wildman–Crippen LogP) is 2.04. The lowest BCUT2D eigenvalue weighted by molar-refractivity contribution is -0.118. The quantitative estimate of drug-likeness (QED) is 0.892. The molecule has 0 saturated carbocycles. The number of benzene rings is 1. The molecule has 1 heterocycles. The average Bonchev–Trinajstić information content (AvgIpc) is 2.90. The Morgan fingerprint density at radius 2 is 2.32 bits per heavy atom. The third kappa shape index (κ3) is 2.14. The van der Waals surface area contributed by atoms with E-state index in [2.05, 4.69) is 34.8 Å². The number of hydrogen-bond donors (Lipinski definition) is 1. The molecule has 1 aliphatic carbocycles. The molecule has 2 aromatic rings. The number of aryl methyl sites for hydroxylation is 2. The molecule has 1 aliphatic rings. The molecule has 0 spiro atoms. The van der Waals surface area contributed by atoms with E-state index in [9.17, 15) is 4.79 Å². The molecule has 98 valence electrons. The van der Waals surface area contributed by atoms with E-state index in [-0.39, 0.29) is 5.91 Å². The van der Waals surface area contributed by atoms with E-state index in [1.54, 1.807) is 6.92 Å². The van der Waals surface area contributed by atoms with Crippen LogP contribution in [0.5, 0.6) is 0 Å². The molecule has 0 atom stereocenters. The van der Waals surface area contributed by atoms with E-state index < -0.39 is 0 Å². The first-order valence-electron chi connectivity index (χ1n) is 6.54. The maximum atomic E-state index is 10.9.